The first-order chi connectivity index (χ1) is 12.6. The van der Waals surface area contributed by atoms with Crippen LogP contribution in [0.5, 0.6) is 5.75 Å². The van der Waals surface area contributed by atoms with Crippen LogP contribution in [0.25, 0.3) is 10.2 Å². The maximum absolute atomic E-state index is 12.7. The van der Waals surface area contributed by atoms with Gasteiger partial charge in [0.15, 0.2) is 5.13 Å². The first kappa shape index (κ1) is 18.7. The van der Waals surface area contributed by atoms with E-state index in [1.165, 1.54) is 16.9 Å². The summed E-state index contributed by atoms with van der Waals surface area (Å²) in [7, 11) is 0. The van der Waals surface area contributed by atoms with Crippen molar-refractivity contribution in [1.29, 1.82) is 0 Å². The Hall–Kier alpha value is -2.05. The summed E-state index contributed by atoms with van der Waals surface area (Å²) >= 11 is 3.05. The van der Waals surface area contributed by atoms with Crippen LogP contribution in [0.3, 0.4) is 0 Å². The number of carbonyl (C=O) groups is 1. The zero-order valence-corrected chi connectivity index (χ0v) is 16.7. The van der Waals surface area contributed by atoms with E-state index in [4.69, 9.17) is 4.74 Å². The summed E-state index contributed by atoms with van der Waals surface area (Å²) in [5, 5.41) is 3.45. The Morgan fingerprint density at radius 2 is 2.00 bits per heavy atom. The van der Waals surface area contributed by atoms with Gasteiger partial charge in [-0.15, -0.1) is 11.8 Å². The minimum Gasteiger partial charge on any atom is -0.494 e. The molecule has 26 heavy (non-hydrogen) atoms. The molecule has 0 aliphatic rings. The van der Waals surface area contributed by atoms with Gasteiger partial charge in [0.2, 0.25) is 5.91 Å². The topological polar surface area (TPSA) is 51.2 Å². The Bertz CT molecular complexity index is 890. The number of benzene rings is 2. The molecule has 1 atom stereocenters. The van der Waals surface area contributed by atoms with Crippen molar-refractivity contribution in [3.63, 3.8) is 0 Å². The van der Waals surface area contributed by atoms with E-state index in [2.05, 4.69) is 41.5 Å². The molecule has 0 fully saturated rings. The van der Waals surface area contributed by atoms with Gasteiger partial charge in [-0.1, -0.05) is 36.0 Å². The second kappa shape index (κ2) is 8.56. The third kappa shape index (κ3) is 4.56. The maximum atomic E-state index is 12.7. The van der Waals surface area contributed by atoms with Crippen molar-refractivity contribution >= 4 is 44.4 Å². The number of anilines is 1. The van der Waals surface area contributed by atoms with E-state index in [-0.39, 0.29) is 11.2 Å². The van der Waals surface area contributed by atoms with E-state index in [1.54, 1.807) is 11.8 Å². The second-order valence-corrected chi connectivity index (χ2v) is 8.21. The molecule has 1 amide bonds. The lowest BCUT2D eigenvalue weighted by Gasteiger charge is -2.13. The van der Waals surface area contributed by atoms with Crippen LogP contribution in [0, 0.1) is 6.92 Å². The zero-order valence-electron chi connectivity index (χ0n) is 15.1. The highest BCUT2D eigenvalue weighted by Crippen LogP contribution is 2.31. The van der Waals surface area contributed by atoms with Crippen molar-refractivity contribution in [2.75, 3.05) is 11.9 Å². The minimum atomic E-state index is -0.149. The number of nitrogens with zero attached hydrogens (tertiary/aromatic N) is 1. The highest BCUT2D eigenvalue weighted by molar-refractivity contribution is 8.00. The smallest absolute Gasteiger partial charge is 0.239 e. The molecule has 3 rings (SSSR count). The van der Waals surface area contributed by atoms with Crippen LogP contribution < -0.4 is 10.1 Å². The molecule has 1 heterocycles. The number of aryl methyl sites for hydroxylation is 1. The van der Waals surface area contributed by atoms with Crippen LogP contribution in [0.4, 0.5) is 5.13 Å². The predicted molar refractivity (Wildman–Crippen MR) is 111 cm³/mol. The van der Waals surface area contributed by atoms with Gasteiger partial charge in [0.05, 0.1) is 22.1 Å². The normalized spacial score (nSPS) is 12.1. The lowest BCUT2D eigenvalue weighted by Crippen LogP contribution is -2.24. The number of fused-ring (bicyclic) bond motifs is 1. The van der Waals surface area contributed by atoms with Crippen LogP contribution in [0.15, 0.2) is 47.4 Å². The number of aromatic nitrogens is 1. The molecule has 0 bridgehead atoms. The number of nitrogens with one attached hydrogen (secondary N) is 1. The van der Waals surface area contributed by atoms with E-state index < -0.39 is 0 Å². The summed E-state index contributed by atoms with van der Waals surface area (Å²) in [4.78, 5) is 18.3. The van der Waals surface area contributed by atoms with Gasteiger partial charge < -0.3 is 10.1 Å². The van der Waals surface area contributed by atoms with Gasteiger partial charge >= 0.3 is 0 Å². The Balaban J connectivity index is 1.70. The summed E-state index contributed by atoms with van der Waals surface area (Å²) in [6.07, 6.45) is 0.754. The summed E-state index contributed by atoms with van der Waals surface area (Å²) in [6.45, 7) is 6.67. The Kier molecular flexibility index (Phi) is 6.16. The predicted octanol–water partition coefficient (Wildman–Crippen LogP) is 5.51. The maximum Gasteiger partial charge on any atom is 0.239 e. The SMILES string of the molecule is CCOc1ccc2nc(NC(=O)C(CC)Sc3ccc(C)cc3)sc2c1. The van der Waals surface area contributed by atoms with Crippen LogP contribution in [0.2, 0.25) is 0 Å². The molecule has 2 aromatic carbocycles. The van der Waals surface area contributed by atoms with E-state index in [9.17, 15) is 4.79 Å². The zero-order chi connectivity index (χ0) is 18.5. The van der Waals surface area contributed by atoms with Crippen molar-refractivity contribution in [2.24, 2.45) is 0 Å². The number of rotatable bonds is 7. The number of thiazole rings is 1. The quantitative estimate of drug-likeness (QED) is 0.544. The number of ether oxygens (including phenoxy) is 1. The third-order valence-electron chi connectivity index (χ3n) is 3.86. The number of hydrogen-bond acceptors (Lipinski definition) is 5. The molecule has 1 aromatic heterocycles. The average Bonchev–Trinajstić information content (AvgIpc) is 3.02. The fourth-order valence-corrected chi connectivity index (χ4v) is 4.36. The van der Waals surface area contributed by atoms with Crippen molar-refractivity contribution in [2.45, 2.75) is 37.3 Å². The molecule has 1 unspecified atom stereocenters. The number of thioether (sulfide) groups is 1. The van der Waals surface area contributed by atoms with Gasteiger partial charge in [-0.3, -0.25) is 4.79 Å². The molecular weight excluding hydrogens is 364 g/mol. The van der Waals surface area contributed by atoms with Crippen molar-refractivity contribution in [3.05, 3.63) is 48.0 Å². The second-order valence-electron chi connectivity index (χ2n) is 5.90. The number of carbonyl (C=O) groups excluding carboxylic acids is 1. The number of amides is 1. The van der Waals surface area contributed by atoms with Crippen LogP contribution in [-0.4, -0.2) is 22.7 Å². The Morgan fingerprint density at radius 1 is 1.23 bits per heavy atom. The van der Waals surface area contributed by atoms with Gasteiger partial charge in [-0.2, -0.15) is 0 Å². The summed E-state index contributed by atoms with van der Waals surface area (Å²) < 4.78 is 6.53. The molecule has 136 valence electrons. The van der Waals surface area contributed by atoms with Crippen LogP contribution >= 0.6 is 23.1 Å². The molecular formula is C20H22N2O2S2. The fraction of sp³-hybridized carbons (Fsp3) is 0.300. The molecule has 0 saturated carbocycles. The third-order valence-corrected chi connectivity index (χ3v) is 6.17. The average molecular weight is 387 g/mol. The van der Waals surface area contributed by atoms with E-state index in [0.29, 0.717) is 11.7 Å². The number of hydrogen-bond donors (Lipinski definition) is 1. The van der Waals surface area contributed by atoms with Gasteiger partial charge in [-0.05, 0) is 50.6 Å². The van der Waals surface area contributed by atoms with E-state index >= 15 is 0 Å². The molecule has 0 aliphatic heterocycles. The van der Waals surface area contributed by atoms with Gasteiger partial charge in [0.1, 0.15) is 5.75 Å². The van der Waals surface area contributed by atoms with Crippen molar-refractivity contribution in [3.8, 4) is 5.75 Å². The minimum absolute atomic E-state index is 0.0119. The largest absolute Gasteiger partial charge is 0.494 e. The molecule has 4 nitrogen and oxygen atoms in total. The highest BCUT2D eigenvalue weighted by atomic mass is 32.2. The van der Waals surface area contributed by atoms with Crippen molar-refractivity contribution < 1.29 is 9.53 Å². The summed E-state index contributed by atoms with van der Waals surface area (Å²) in [5.41, 5.74) is 2.08. The monoisotopic (exact) mass is 386 g/mol. The molecule has 0 aliphatic carbocycles. The first-order valence-corrected chi connectivity index (χ1v) is 10.4. The van der Waals surface area contributed by atoms with E-state index in [0.717, 1.165) is 27.3 Å². The lowest BCUT2D eigenvalue weighted by molar-refractivity contribution is -0.115. The van der Waals surface area contributed by atoms with Crippen LogP contribution in [0.1, 0.15) is 25.8 Å². The lowest BCUT2D eigenvalue weighted by atomic mass is 10.2. The first-order valence-electron chi connectivity index (χ1n) is 8.66. The molecule has 3 aromatic rings. The van der Waals surface area contributed by atoms with Crippen LogP contribution in [-0.2, 0) is 4.79 Å². The van der Waals surface area contributed by atoms with Gasteiger partial charge in [0, 0.05) is 4.90 Å². The molecule has 1 N–H and O–H groups in total. The molecule has 0 radical (unpaired) electrons. The highest BCUT2D eigenvalue weighted by Gasteiger charge is 2.19. The molecule has 6 heteroatoms. The standard InChI is InChI=1S/C20H22N2O2S2/c1-4-17(25-15-9-6-13(3)7-10-15)19(23)22-20-21-16-11-8-14(24-5-2)12-18(16)26-20/h6-12,17H,4-5H2,1-3H3,(H,21,22,23). The van der Waals surface area contributed by atoms with E-state index in [1.807, 2.05) is 32.0 Å². The summed E-state index contributed by atoms with van der Waals surface area (Å²) in [5.74, 6) is 0.810. The van der Waals surface area contributed by atoms with Gasteiger partial charge in [0.25, 0.3) is 0 Å². The van der Waals surface area contributed by atoms with Crippen molar-refractivity contribution in [1.82, 2.24) is 4.98 Å². The fourth-order valence-electron chi connectivity index (χ4n) is 2.50. The Labute approximate surface area is 162 Å². The van der Waals surface area contributed by atoms with Gasteiger partial charge in [-0.25, -0.2) is 4.98 Å². The summed E-state index contributed by atoms with van der Waals surface area (Å²) in [6, 6.07) is 14.0. The Morgan fingerprint density at radius 3 is 2.69 bits per heavy atom. The molecule has 0 saturated heterocycles. The molecule has 0 spiro atoms.